The van der Waals surface area contributed by atoms with Gasteiger partial charge in [0.05, 0.1) is 5.69 Å². The van der Waals surface area contributed by atoms with E-state index in [1.807, 2.05) is 17.4 Å². The molecule has 0 aliphatic heterocycles. The van der Waals surface area contributed by atoms with Crippen molar-refractivity contribution in [3.63, 3.8) is 0 Å². The fourth-order valence-electron chi connectivity index (χ4n) is 5.98. The minimum Gasteiger partial charge on any atom is -0.310 e. The van der Waals surface area contributed by atoms with Crippen molar-refractivity contribution in [3.8, 4) is 0 Å². The van der Waals surface area contributed by atoms with Crippen LogP contribution in [0.4, 0.5) is 11.4 Å². The Labute approximate surface area is 221 Å². The van der Waals surface area contributed by atoms with Gasteiger partial charge in [0.1, 0.15) is 0 Å². The molecule has 1 heterocycles. The van der Waals surface area contributed by atoms with Crippen LogP contribution in [0.1, 0.15) is 30.2 Å². The Hall–Kier alpha value is -4.14. The van der Waals surface area contributed by atoms with Crippen molar-refractivity contribution in [1.82, 2.24) is 0 Å². The molecule has 1 aliphatic rings. The van der Waals surface area contributed by atoms with Gasteiger partial charge in [-0.2, -0.15) is 0 Å². The summed E-state index contributed by atoms with van der Waals surface area (Å²) < 4.78 is 1.34. The van der Waals surface area contributed by atoms with E-state index in [0.717, 1.165) is 12.8 Å². The summed E-state index contributed by atoms with van der Waals surface area (Å²) in [4.78, 5) is 3.67. The van der Waals surface area contributed by atoms with Crippen molar-refractivity contribution in [2.24, 2.45) is 0 Å². The molecular weight excluding hydrogens is 466 g/mol. The Morgan fingerprint density at radius 2 is 1.65 bits per heavy atom. The third kappa shape index (κ3) is 3.29. The molecular formula is C35H27NS. The van der Waals surface area contributed by atoms with E-state index in [1.54, 1.807) is 0 Å². The zero-order valence-corrected chi connectivity index (χ0v) is 21.7. The molecule has 1 aliphatic carbocycles. The first kappa shape index (κ1) is 22.1. The van der Waals surface area contributed by atoms with Gasteiger partial charge in [-0.15, -0.1) is 11.3 Å². The lowest BCUT2D eigenvalue weighted by atomic mass is 9.89. The highest BCUT2D eigenvalue weighted by atomic mass is 32.1. The average molecular weight is 494 g/mol. The van der Waals surface area contributed by atoms with Crippen molar-refractivity contribution >= 4 is 77.3 Å². The van der Waals surface area contributed by atoms with Crippen molar-refractivity contribution < 1.29 is 0 Å². The maximum absolute atomic E-state index is 4.14. The molecule has 7 rings (SSSR count). The molecule has 0 atom stereocenters. The van der Waals surface area contributed by atoms with Gasteiger partial charge >= 0.3 is 0 Å². The molecule has 0 N–H and O–H groups in total. The zero-order chi connectivity index (χ0) is 24.9. The zero-order valence-electron chi connectivity index (χ0n) is 20.9. The normalized spacial score (nSPS) is 13.9. The van der Waals surface area contributed by atoms with Crippen molar-refractivity contribution in [1.29, 1.82) is 0 Å². The summed E-state index contributed by atoms with van der Waals surface area (Å²) >= 11 is 1.86. The van der Waals surface area contributed by atoms with Gasteiger partial charge in [-0.3, -0.25) is 0 Å². The van der Waals surface area contributed by atoms with Gasteiger partial charge in [0.2, 0.25) is 0 Å². The molecule has 0 saturated heterocycles. The molecule has 1 nitrogen and oxygen atoms in total. The Bertz CT molecular complexity index is 1900. The summed E-state index contributed by atoms with van der Waals surface area (Å²) in [6.45, 7) is 6.24. The van der Waals surface area contributed by atoms with Crippen LogP contribution in [0.5, 0.6) is 0 Å². The second-order valence-corrected chi connectivity index (χ2v) is 10.6. The fraction of sp³-hybridized carbons (Fsp3) is 0.0857. The highest BCUT2D eigenvalue weighted by Gasteiger charge is 2.23. The number of anilines is 2. The first-order chi connectivity index (χ1) is 18.3. The largest absolute Gasteiger partial charge is 0.310 e. The number of nitrogens with zero attached hydrogens (tertiary/aromatic N) is 1. The maximum atomic E-state index is 4.14. The third-order valence-corrected chi connectivity index (χ3v) is 8.71. The minimum absolute atomic E-state index is 1.06. The summed E-state index contributed by atoms with van der Waals surface area (Å²) in [6.07, 6.45) is 15.5. The standard InChI is InChI=1S/C35H27NS/c1-3-13-27-31(4-2)37-35-29-21-12-19-26-30(22-23-14-11-20-28(34(27)35)32(23)33(26)29)36(24-15-7-5-8-16-24)25-17-9-6-10-18-25/h3-5,7-9,11-22H,2,6,10H2,1H3/b13-3-. The molecule has 2 heteroatoms. The molecule has 1 aromatic heterocycles. The number of allylic oxidation sites excluding steroid dienone is 4. The SMILES string of the molecule is C=Cc1sc2c3cccc4c(N(C5=CCCC=C5)c5ccccc5)cc5cccc(c2c1/C=C\C)c5c43. The van der Waals surface area contributed by atoms with Crippen molar-refractivity contribution in [2.75, 3.05) is 4.90 Å². The molecule has 178 valence electrons. The van der Waals surface area contributed by atoms with Gasteiger partial charge in [0.15, 0.2) is 0 Å². The lowest BCUT2D eigenvalue weighted by Gasteiger charge is -2.30. The smallest absolute Gasteiger partial charge is 0.0546 e. The van der Waals surface area contributed by atoms with E-state index >= 15 is 0 Å². The van der Waals surface area contributed by atoms with Gasteiger partial charge in [-0.25, -0.2) is 0 Å². The number of benzene rings is 5. The van der Waals surface area contributed by atoms with E-state index in [2.05, 4.69) is 122 Å². The highest BCUT2D eigenvalue weighted by Crippen LogP contribution is 2.49. The summed E-state index contributed by atoms with van der Waals surface area (Å²) in [6, 6.07) is 26.8. The quantitative estimate of drug-likeness (QED) is 0.216. The number of hydrogen-bond acceptors (Lipinski definition) is 2. The van der Waals surface area contributed by atoms with Gasteiger partial charge < -0.3 is 4.90 Å². The minimum atomic E-state index is 1.06. The van der Waals surface area contributed by atoms with Crippen molar-refractivity contribution in [2.45, 2.75) is 19.8 Å². The third-order valence-electron chi connectivity index (χ3n) is 7.47. The van der Waals surface area contributed by atoms with E-state index in [0.29, 0.717) is 0 Å². The van der Waals surface area contributed by atoms with Crippen LogP contribution < -0.4 is 4.90 Å². The van der Waals surface area contributed by atoms with E-state index in [-0.39, 0.29) is 0 Å². The van der Waals surface area contributed by atoms with E-state index in [4.69, 9.17) is 0 Å². The van der Waals surface area contributed by atoms with Crippen LogP contribution in [0.25, 0.3) is 54.6 Å². The van der Waals surface area contributed by atoms with Gasteiger partial charge in [0.25, 0.3) is 0 Å². The monoisotopic (exact) mass is 493 g/mol. The van der Waals surface area contributed by atoms with Crippen LogP contribution in [0.3, 0.4) is 0 Å². The molecule has 6 aromatic rings. The van der Waals surface area contributed by atoms with Crippen LogP contribution in [-0.4, -0.2) is 0 Å². The predicted octanol–water partition coefficient (Wildman–Crippen LogP) is 10.8. The Morgan fingerprint density at radius 3 is 2.43 bits per heavy atom. The number of fused-ring (bicyclic) bond motifs is 3. The second-order valence-electron chi connectivity index (χ2n) is 9.60. The lowest BCUT2D eigenvalue weighted by molar-refractivity contribution is 0.998. The first-order valence-electron chi connectivity index (χ1n) is 12.9. The van der Waals surface area contributed by atoms with Gasteiger partial charge in [-0.1, -0.05) is 91.6 Å². The molecule has 0 unspecified atom stereocenters. The van der Waals surface area contributed by atoms with Gasteiger partial charge in [-0.05, 0) is 60.2 Å². The average Bonchev–Trinajstić information content (AvgIpc) is 3.33. The lowest BCUT2D eigenvalue weighted by Crippen LogP contribution is -2.16. The first-order valence-corrected chi connectivity index (χ1v) is 13.7. The Kier molecular flexibility index (Phi) is 5.23. The summed E-state index contributed by atoms with van der Waals surface area (Å²) in [5.41, 5.74) is 4.92. The molecule has 0 spiro atoms. The number of para-hydroxylation sites is 1. The Morgan fingerprint density at radius 1 is 0.838 bits per heavy atom. The second kappa shape index (κ2) is 8.76. The highest BCUT2D eigenvalue weighted by molar-refractivity contribution is 7.21. The van der Waals surface area contributed by atoms with E-state index in [9.17, 15) is 0 Å². The number of thiophene rings is 1. The summed E-state index contributed by atoms with van der Waals surface area (Å²) in [7, 11) is 0. The molecule has 5 aromatic carbocycles. The molecule has 0 saturated carbocycles. The predicted molar refractivity (Wildman–Crippen MR) is 165 cm³/mol. The van der Waals surface area contributed by atoms with Crippen LogP contribution in [0.15, 0.2) is 109 Å². The Balaban J connectivity index is 1.66. The van der Waals surface area contributed by atoms with Crippen LogP contribution >= 0.6 is 11.3 Å². The number of hydrogen-bond donors (Lipinski definition) is 0. The molecule has 0 bridgehead atoms. The van der Waals surface area contributed by atoms with Crippen LogP contribution in [0.2, 0.25) is 0 Å². The van der Waals surface area contributed by atoms with E-state index in [1.165, 1.54) is 69.9 Å². The van der Waals surface area contributed by atoms with Crippen LogP contribution in [0, 0.1) is 0 Å². The van der Waals surface area contributed by atoms with Gasteiger partial charge in [0, 0.05) is 48.1 Å². The molecule has 0 fully saturated rings. The number of rotatable bonds is 5. The molecule has 0 radical (unpaired) electrons. The molecule has 37 heavy (non-hydrogen) atoms. The fourth-order valence-corrected chi connectivity index (χ4v) is 7.17. The summed E-state index contributed by atoms with van der Waals surface area (Å²) in [5, 5.41) is 9.25. The molecule has 0 amide bonds. The van der Waals surface area contributed by atoms with Crippen molar-refractivity contribution in [3.05, 3.63) is 120 Å². The summed E-state index contributed by atoms with van der Waals surface area (Å²) in [5.74, 6) is 0. The van der Waals surface area contributed by atoms with Crippen LogP contribution in [-0.2, 0) is 0 Å². The topological polar surface area (TPSA) is 3.24 Å². The maximum Gasteiger partial charge on any atom is 0.0546 e. The van der Waals surface area contributed by atoms with E-state index < -0.39 is 0 Å².